The Kier molecular flexibility index (Phi) is 4.12. The van der Waals surface area contributed by atoms with Crippen molar-refractivity contribution in [1.29, 1.82) is 0 Å². The molecule has 1 aliphatic carbocycles. The fourth-order valence-corrected chi connectivity index (χ4v) is 4.08. The van der Waals surface area contributed by atoms with Gasteiger partial charge in [-0.05, 0) is 31.0 Å². The molecular formula is C13H19N3O3S. The lowest BCUT2D eigenvalue weighted by Crippen LogP contribution is -2.51. The number of rotatable bonds is 5. The highest BCUT2D eigenvalue weighted by Gasteiger charge is 2.36. The lowest BCUT2D eigenvalue weighted by molar-refractivity contribution is 0.1000. The summed E-state index contributed by atoms with van der Waals surface area (Å²) in [6.45, 7) is 0.266. The van der Waals surface area contributed by atoms with Crippen LogP contribution in [0.5, 0.6) is 0 Å². The largest absolute Gasteiger partial charge is 0.366 e. The van der Waals surface area contributed by atoms with Gasteiger partial charge in [-0.25, -0.2) is 13.1 Å². The van der Waals surface area contributed by atoms with E-state index in [1.165, 1.54) is 24.3 Å². The summed E-state index contributed by atoms with van der Waals surface area (Å²) in [5.74, 6) is -0.656. The van der Waals surface area contributed by atoms with E-state index in [1.54, 1.807) is 0 Å². The van der Waals surface area contributed by atoms with Crippen molar-refractivity contribution in [1.82, 2.24) is 4.72 Å². The summed E-state index contributed by atoms with van der Waals surface area (Å²) in [7, 11) is -3.71. The fraction of sp³-hybridized carbons (Fsp3) is 0.462. The van der Waals surface area contributed by atoms with Crippen molar-refractivity contribution < 1.29 is 13.2 Å². The Morgan fingerprint density at radius 1 is 1.30 bits per heavy atom. The number of hydrogen-bond acceptors (Lipinski definition) is 4. The highest BCUT2D eigenvalue weighted by Crippen LogP contribution is 2.30. The molecule has 7 heteroatoms. The van der Waals surface area contributed by atoms with Crippen molar-refractivity contribution >= 4 is 15.9 Å². The Morgan fingerprint density at radius 2 is 1.95 bits per heavy atom. The molecule has 5 N–H and O–H groups in total. The zero-order valence-corrected chi connectivity index (χ0v) is 11.9. The zero-order chi connectivity index (χ0) is 14.8. The van der Waals surface area contributed by atoms with Crippen LogP contribution in [0, 0.1) is 0 Å². The number of sulfonamides is 1. The molecule has 2 rings (SSSR count). The topological polar surface area (TPSA) is 115 Å². The number of hydrogen-bond donors (Lipinski definition) is 3. The lowest BCUT2D eigenvalue weighted by atomic mass is 10.0. The molecule has 0 saturated heterocycles. The maximum absolute atomic E-state index is 12.4. The van der Waals surface area contributed by atoms with Gasteiger partial charge in [-0.15, -0.1) is 0 Å². The van der Waals surface area contributed by atoms with Crippen molar-refractivity contribution in [2.45, 2.75) is 36.1 Å². The Labute approximate surface area is 118 Å². The van der Waals surface area contributed by atoms with Crippen molar-refractivity contribution in [2.75, 3.05) is 6.54 Å². The van der Waals surface area contributed by atoms with Crippen LogP contribution in [0.4, 0.5) is 0 Å². The summed E-state index contributed by atoms with van der Waals surface area (Å²) in [6, 6.07) is 5.70. The van der Waals surface area contributed by atoms with E-state index in [0.717, 1.165) is 25.7 Å². The van der Waals surface area contributed by atoms with Crippen LogP contribution in [0.1, 0.15) is 36.0 Å². The second-order valence-corrected chi connectivity index (χ2v) is 6.87. The molecule has 0 bridgehead atoms. The third-order valence-electron chi connectivity index (χ3n) is 3.73. The molecular weight excluding hydrogens is 278 g/mol. The van der Waals surface area contributed by atoms with Crippen molar-refractivity contribution in [3.8, 4) is 0 Å². The van der Waals surface area contributed by atoms with Gasteiger partial charge in [0.15, 0.2) is 0 Å². The normalized spacial score (nSPS) is 18.1. The standard InChI is InChI=1S/C13H19N3O3S/c14-9-13(6-1-2-7-13)16-20(18,19)11-5-3-4-10(8-11)12(15)17/h3-5,8,16H,1-2,6-7,9,14H2,(H2,15,17). The highest BCUT2D eigenvalue weighted by molar-refractivity contribution is 7.89. The van der Waals surface area contributed by atoms with Gasteiger partial charge in [0.05, 0.1) is 4.90 Å². The molecule has 1 amide bonds. The first-order valence-corrected chi connectivity index (χ1v) is 8.01. The van der Waals surface area contributed by atoms with Crippen LogP contribution in [0.3, 0.4) is 0 Å². The number of primary amides is 1. The number of benzene rings is 1. The zero-order valence-electron chi connectivity index (χ0n) is 11.1. The molecule has 0 aromatic heterocycles. The lowest BCUT2D eigenvalue weighted by Gasteiger charge is -2.28. The van der Waals surface area contributed by atoms with Crippen molar-refractivity contribution in [3.63, 3.8) is 0 Å². The number of nitrogens with two attached hydrogens (primary N) is 2. The van der Waals surface area contributed by atoms with Crippen LogP contribution in [0.2, 0.25) is 0 Å². The highest BCUT2D eigenvalue weighted by atomic mass is 32.2. The van der Waals surface area contributed by atoms with Crippen LogP contribution in [0.15, 0.2) is 29.2 Å². The molecule has 0 aliphatic heterocycles. The summed E-state index contributed by atoms with van der Waals surface area (Å²) in [5, 5.41) is 0. The van der Waals surface area contributed by atoms with E-state index >= 15 is 0 Å². The van der Waals surface area contributed by atoms with Crippen LogP contribution < -0.4 is 16.2 Å². The predicted octanol–water partition coefficient (Wildman–Crippen LogP) is 0.335. The third kappa shape index (κ3) is 3.00. The third-order valence-corrected chi connectivity index (χ3v) is 5.31. The van der Waals surface area contributed by atoms with E-state index in [9.17, 15) is 13.2 Å². The van der Waals surface area contributed by atoms with E-state index in [-0.39, 0.29) is 17.0 Å². The van der Waals surface area contributed by atoms with Gasteiger partial charge in [0.25, 0.3) is 0 Å². The van der Waals surface area contributed by atoms with E-state index in [2.05, 4.69) is 4.72 Å². The first-order valence-electron chi connectivity index (χ1n) is 6.52. The predicted molar refractivity (Wildman–Crippen MR) is 75.5 cm³/mol. The summed E-state index contributed by atoms with van der Waals surface area (Å²) < 4.78 is 27.5. The van der Waals surface area contributed by atoms with Crippen LogP contribution in [-0.4, -0.2) is 26.4 Å². The summed E-state index contributed by atoms with van der Waals surface area (Å²) >= 11 is 0. The van der Waals surface area contributed by atoms with Crippen molar-refractivity contribution in [2.24, 2.45) is 11.5 Å². The Bertz CT molecular complexity index is 607. The molecule has 0 radical (unpaired) electrons. The number of carbonyl (C=O) groups excluding carboxylic acids is 1. The summed E-state index contributed by atoms with van der Waals surface area (Å²) in [4.78, 5) is 11.2. The average Bonchev–Trinajstić information content (AvgIpc) is 2.87. The van der Waals surface area contributed by atoms with Crippen LogP contribution in [0.25, 0.3) is 0 Å². The minimum atomic E-state index is -3.71. The molecule has 20 heavy (non-hydrogen) atoms. The number of carbonyl (C=O) groups is 1. The number of amides is 1. The summed E-state index contributed by atoms with van der Waals surface area (Å²) in [6.07, 6.45) is 3.39. The van der Waals surface area contributed by atoms with Gasteiger partial charge < -0.3 is 11.5 Å². The molecule has 1 aromatic carbocycles. The molecule has 0 atom stereocenters. The molecule has 0 spiro atoms. The number of nitrogens with one attached hydrogen (secondary N) is 1. The van der Waals surface area contributed by atoms with Gasteiger partial charge in [-0.2, -0.15) is 0 Å². The fourth-order valence-electron chi connectivity index (χ4n) is 2.56. The molecule has 1 fully saturated rings. The maximum Gasteiger partial charge on any atom is 0.248 e. The maximum atomic E-state index is 12.4. The SMILES string of the molecule is NCC1(NS(=O)(=O)c2cccc(C(N)=O)c2)CCCC1. The van der Waals surface area contributed by atoms with Gasteiger partial charge in [-0.1, -0.05) is 18.9 Å². The Balaban J connectivity index is 2.30. The summed E-state index contributed by atoms with van der Waals surface area (Å²) in [5.41, 5.74) is 10.5. The second kappa shape index (κ2) is 5.51. The van der Waals surface area contributed by atoms with Gasteiger partial charge in [-0.3, -0.25) is 4.79 Å². The Hall–Kier alpha value is -1.44. The molecule has 110 valence electrons. The second-order valence-electron chi connectivity index (χ2n) is 5.19. The van der Waals surface area contributed by atoms with E-state index < -0.39 is 21.5 Å². The van der Waals surface area contributed by atoms with Gasteiger partial charge >= 0.3 is 0 Å². The molecule has 1 aliphatic rings. The first kappa shape index (κ1) is 15.0. The van der Waals surface area contributed by atoms with E-state index in [0.29, 0.717) is 0 Å². The molecule has 1 saturated carbocycles. The molecule has 0 unspecified atom stereocenters. The van der Waals surface area contributed by atoms with E-state index in [1.807, 2.05) is 0 Å². The van der Waals surface area contributed by atoms with Crippen LogP contribution >= 0.6 is 0 Å². The van der Waals surface area contributed by atoms with E-state index in [4.69, 9.17) is 11.5 Å². The van der Waals surface area contributed by atoms with Gasteiger partial charge in [0.1, 0.15) is 0 Å². The first-order chi connectivity index (χ1) is 9.38. The quantitative estimate of drug-likeness (QED) is 0.726. The molecule has 6 nitrogen and oxygen atoms in total. The smallest absolute Gasteiger partial charge is 0.248 e. The monoisotopic (exact) mass is 297 g/mol. The minimum absolute atomic E-state index is 0.0357. The van der Waals surface area contributed by atoms with Crippen LogP contribution in [-0.2, 0) is 10.0 Å². The van der Waals surface area contributed by atoms with Gasteiger partial charge in [0, 0.05) is 17.6 Å². The minimum Gasteiger partial charge on any atom is -0.366 e. The molecule has 0 heterocycles. The molecule has 1 aromatic rings. The average molecular weight is 297 g/mol. The van der Waals surface area contributed by atoms with Crippen molar-refractivity contribution in [3.05, 3.63) is 29.8 Å². The van der Waals surface area contributed by atoms with Gasteiger partial charge in [0.2, 0.25) is 15.9 Å². The Morgan fingerprint density at radius 3 is 2.50 bits per heavy atom.